The van der Waals surface area contributed by atoms with Crippen molar-refractivity contribution in [1.82, 2.24) is 9.88 Å². The molecule has 126 valence electrons. The fourth-order valence-corrected chi connectivity index (χ4v) is 4.18. The van der Waals surface area contributed by atoms with Crippen LogP contribution in [0.5, 0.6) is 5.75 Å². The lowest BCUT2D eigenvalue weighted by Crippen LogP contribution is -2.46. The summed E-state index contributed by atoms with van der Waals surface area (Å²) in [4.78, 5) is 18.6. The van der Waals surface area contributed by atoms with Crippen molar-refractivity contribution in [3.8, 4) is 5.75 Å². The van der Waals surface area contributed by atoms with Crippen molar-refractivity contribution in [1.29, 1.82) is 0 Å². The van der Waals surface area contributed by atoms with Crippen LogP contribution in [-0.4, -0.2) is 47.2 Å². The van der Waals surface area contributed by atoms with Gasteiger partial charge in [-0.1, -0.05) is 0 Å². The highest BCUT2D eigenvalue weighted by Gasteiger charge is 2.42. The van der Waals surface area contributed by atoms with Gasteiger partial charge in [-0.15, -0.1) is 0 Å². The van der Waals surface area contributed by atoms with Gasteiger partial charge in [0, 0.05) is 18.1 Å². The fraction of sp³-hybridized carbons (Fsp3) is 0.444. The number of carbonyl (C=O) groups excluding carboxylic acids is 1. The first-order valence-corrected chi connectivity index (χ1v) is 9.27. The maximum Gasteiger partial charge on any atom is 0.255 e. The number of aromatic nitrogens is 1. The minimum Gasteiger partial charge on any atom is -0.489 e. The van der Waals surface area contributed by atoms with Crippen LogP contribution < -0.4 is 4.74 Å². The molecule has 0 aliphatic carbocycles. The van der Waals surface area contributed by atoms with Crippen LogP contribution in [0.15, 0.2) is 41.4 Å². The average molecular weight is 344 g/mol. The molecule has 0 spiro atoms. The number of likely N-dealkylation sites (tertiary alicyclic amines) is 1. The molecule has 2 saturated heterocycles. The summed E-state index contributed by atoms with van der Waals surface area (Å²) in [5, 5.41) is 3.87. The Balaban J connectivity index is 1.33. The number of fused-ring (bicyclic) bond motifs is 1. The van der Waals surface area contributed by atoms with Gasteiger partial charge >= 0.3 is 0 Å². The van der Waals surface area contributed by atoms with Crippen LogP contribution in [0.4, 0.5) is 0 Å². The zero-order chi connectivity index (χ0) is 16.4. The minimum absolute atomic E-state index is 0.0858. The number of rotatable bonds is 4. The van der Waals surface area contributed by atoms with E-state index in [2.05, 4.69) is 4.98 Å². The highest BCUT2D eigenvalue weighted by molar-refractivity contribution is 7.08. The van der Waals surface area contributed by atoms with Crippen molar-refractivity contribution < 1.29 is 14.3 Å². The van der Waals surface area contributed by atoms with Gasteiger partial charge in [0.15, 0.2) is 0 Å². The summed E-state index contributed by atoms with van der Waals surface area (Å²) in [6.45, 7) is 1.31. The summed E-state index contributed by atoms with van der Waals surface area (Å²) >= 11 is 1.56. The van der Waals surface area contributed by atoms with Gasteiger partial charge < -0.3 is 14.4 Å². The van der Waals surface area contributed by atoms with Gasteiger partial charge in [0.05, 0.1) is 30.0 Å². The van der Waals surface area contributed by atoms with E-state index in [1.165, 1.54) is 0 Å². The Morgan fingerprint density at radius 2 is 2.33 bits per heavy atom. The molecule has 6 heteroatoms. The van der Waals surface area contributed by atoms with E-state index < -0.39 is 0 Å². The number of hydrogen-bond acceptors (Lipinski definition) is 5. The van der Waals surface area contributed by atoms with Crippen molar-refractivity contribution in [3.05, 3.63) is 46.9 Å². The van der Waals surface area contributed by atoms with Crippen LogP contribution in [0.1, 0.15) is 29.6 Å². The van der Waals surface area contributed by atoms with E-state index in [0.29, 0.717) is 6.61 Å². The van der Waals surface area contributed by atoms with Crippen molar-refractivity contribution in [2.24, 2.45) is 0 Å². The second kappa shape index (κ2) is 6.91. The zero-order valence-corrected chi connectivity index (χ0v) is 14.2. The molecule has 2 aromatic heterocycles. The number of thiophene rings is 1. The highest BCUT2D eigenvalue weighted by Crippen LogP contribution is 2.32. The van der Waals surface area contributed by atoms with Gasteiger partial charge in [-0.2, -0.15) is 11.3 Å². The quantitative estimate of drug-likeness (QED) is 0.856. The van der Waals surface area contributed by atoms with Crippen LogP contribution in [0.2, 0.25) is 0 Å². The Morgan fingerprint density at radius 1 is 1.38 bits per heavy atom. The van der Waals surface area contributed by atoms with Crippen LogP contribution in [0.25, 0.3) is 0 Å². The summed E-state index contributed by atoms with van der Waals surface area (Å²) in [5.74, 6) is 0.904. The standard InChI is InChI=1S/C18H20N2O3S/c21-18(13-6-9-24-12-13)20-8-5-17-16(20)4-3-15(23-17)11-22-14-2-1-7-19-10-14/h1-2,6-7,9-10,12,15-17H,3-5,8,11H2/t15-,16+,17+/m1/s1. The lowest BCUT2D eigenvalue weighted by molar-refractivity contribution is -0.0802. The second-order valence-corrected chi connectivity index (χ2v) is 7.02. The third-order valence-electron chi connectivity index (χ3n) is 4.73. The lowest BCUT2D eigenvalue weighted by atomic mass is 9.99. The first-order valence-electron chi connectivity index (χ1n) is 8.33. The molecule has 0 aromatic carbocycles. The van der Waals surface area contributed by atoms with E-state index in [1.807, 2.05) is 33.9 Å². The number of nitrogens with zero attached hydrogens (tertiary/aromatic N) is 2. The van der Waals surface area contributed by atoms with Gasteiger partial charge in [0.1, 0.15) is 12.4 Å². The molecule has 3 atom stereocenters. The molecule has 0 N–H and O–H groups in total. The zero-order valence-electron chi connectivity index (χ0n) is 13.3. The van der Waals surface area contributed by atoms with Crippen molar-refractivity contribution in [2.45, 2.75) is 37.5 Å². The second-order valence-electron chi connectivity index (χ2n) is 6.24. The first-order chi connectivity index (χ1) is 11.8. The van der Waals surface area contributed by atoms with Crippen molar-refractivity contribution in [3.63, 3.8) is 0 Å². The molecular formula is C18H20N2O3S. The van der Waals surface area contributed by atoms with Gasteiger partial charge in [0.25, 0.3) is 5.91 Å². The number of pyridine rings is 1. The lowest BCUT2D eigenvalue weighted by Gasteiger charge is -2.35. The molecule has 2 aromatic rings. The van der Waals surface area contributed by atoms with Crippen molar-refractivity contribution in [2.75, 3.05) is 13.2 Å². The van der Waals surface area contributed by atoms with E-state index in [1.54, 1.807) is 23.7 Å². The van der Waals surface area contributed by atoms with Crippen LogP contribution in [0.3, 0.4) is 0 Å². The number of hydrogen-bond donors (Lipinski definition) is 0. The molecule has 0 radical (unpaired) electrons. The molecule has 4 rings (SSSR count). The largest absolute Gasteiger partial charge is 0.489 e. The van der Waals surface area contributed by atoms with Crippen LogP contribution >= 0.6 is 11.3 Å². The molecule has 0 bridgehead atoms. The summed E-state index contributed by atoms with van der Waals surface area (Å²) in [6.07, 6.45) is 6.45. The Labute approximate surface area is 145 Å². The Bertz CT molecular complexity index is 677. The molecule has 2 aliphatic heterocycles. The van der Waals surface area contributed by atoms with Gasteiger partial charge in [-0.05, 0) is 42.8 Å². The minimum atomic E-state index is 0.0858. The Morgan fingerprint density at radius 3 is 3.12 bits per heavy atom. The molecular weight excluding hydrogens is 324 g/mol. The summed E-state index contributed by atoms with van der Waals surface area (Å²) in [5.41, 5.74) is 0.794. The number of amides is 1. The van der Waals surface area contributed by atoms with Gasteiger partial charge in [-0.3, -0.25) is 9.78 Å². The third kappa shape index (κ3) is 3.16. The monoisotopic (exact) mass is 344 g/mol. The molecule has 24 heavy (non-hydrogen) atoms. The highest BCUT2D eigenvalue weighted by atomic mass is 32.1. The molecule has 0 saturated carbocycles. The summed E-state index contributed by atoms with van der Waals surface area (Å²) in [6, 6.07) is 5.86. The van der Waals surface area contributed by atoms with E-state index in [9.17, 15) is 4.79 Å². The predicted octanol–water partition coefficient (Wildman–Crippen LogP) is 2.98. The third-order valence-corrected chi connectivity index (χ3v) is 5.42. The Kier molecular flexibility index (Phi) is 4.49. The van der Waals surface area contributed by atoms with Gasteiger partial charge in [-0.25, -0.2) is 0 Å². The molecule has 2 fully saturated rings. The summed E-state index contributed by atoms with van der Waals surface area (Å²) in [7, 11) is 0. The van der Waals surface area contributed by atoms with E-state index in [0.717, 1.165) is 37.1 Å². The first kappa shape index (κ1) is 15.6. The molecule has 2 aliphatic rings. The fourth-order valence-electron chi connectivity index (χ4n) is 3.55. The smallest absolute Gasteiger partial charge is 0.255 e. The van der Waals surface area contributed by atoms with Gasteiger partial charge in [0.2, 0.25) is 0 Å². The normalized spacial score (nSPS) is 26.2. The molecule has 1 amide bonds. The van der Waals surface area contributed by atoms with Crippen molar-refractivity contribution >= 4 is 17.2 Å². The maximum atomic E-state index is 12.6. The maximum absolute atomic E-state index is 12.6. The van der Waals surface area contributed by atoms with E-state index in [4.69, 9.17) is 9.47 Å². The van der Waals surface area contributed by atoms with Crippen LogP contribution in [0, 0.1) is 0 Å². The topological polar surface area (TPSA) is 51.7 Å². The van der Waals surface area contributed by atoms with Crippen LogP contribution in [-0.2, 0) is 4.74 Å². The molecule has 0 unspecified atom stereocenters. The SMILES string of the molecule is O=C(c1ccsc1)N1CC[C@@H]2O[C@@H](COc3cccnc3)CC[C@@H]21. The average Bonchev–Trinajstić information content (AvgIpc) is 3.30. The van der Waals surface area contributed by atoms with E-state index >= 15 is 0 Å². The molecule has 5 nitrogen and oxygen atoms in total. The molecule has 4 heterocycles. The van der Waals surface area contributed by atoms with E-state index in [-0.39, 0.29) is 24.2 Å². The predicted molar refractivity (Wildman–Crippen MR) is 91.4 cm³/mol. The number of carbonyl (C=O) groups is 1. The number of ether oxygens (including phenoxy) is 2. The summed E-state index contributed by atoms with van der Waals surface area (Å²) < 4.78 is 12.0. The Hall–Kier alpha value is -1.92.